The highest BCUT2D eigenvalue weighted by Gasteiger charge is 2.16. The van der Waals surface area contributed by atoms with E-state index in [-0.39, 0.29) is 5.57 Å². The average Bonchev–Trinajstić information content (AvgIpc) is 3.13. The van der Waals surface area contributed by atoms with Crippen LogP contribution in [0.25, 0.3) is 22.8 Å². The molecule has 0 aliphatic heterocycles. The molecule has 2 aromatic carbocycles. The molecule has 0 aliphatic rings. The van der Waals surface area contributed by atoms with Crippen LogP contribution in [0.2, 0.25) is 0 Å². The summed E-state index contributed by atoms with van der Waals surface area (Å²) in [6.07, 6.45) is 1.56. The van der Waals surface area contributed by atoms with Gasteiger partial charge < -0.3 is 5.32 Å². The highest BCUT2D eigenvalue weighted by atomic mass is 16.1. The maximum absolute atomic E-state index is 12.8. The molecule has 2 heterocycles. The summed E-state index contributed by atoms with van der Waals surface area (Å²) < 4.78 is 1.61. The molecule has 158 valence electrons. The number of hydrogen-bond acceptors (Lipinski definition) is 4. The first-order chi connectivity index (χ1) is 15.4. The number of nitrogens with zero attached hydrogens (tertiary/aromatic N) is 4. The number of carbonyl (C=O) groups is 1. The molecule has 32 heavy (non-hydrogen) atoms. The Morgan fingerprint density at radius 3 is 2.50 bits per heavy atom. The van der Waals surface area contributed by atoms with Gasteiger partial charge in [-0.15, -0.1) is 0 Å². The number of aromatic nitrogens is 3. The summed E-state index contributed by atoms with van der Waals surface area (Å²) in [7, 11) is 0. The van der Waals surface area contributed by atoms with E-state index in [0.29, 0.717) is 11.6 Å². The topological polar surface area (TPSA) is 83.6 Å². The zero-order valence-corrected chi connectivity index (χ0v) is 18.5. The maximum Gasteiger partial charge on any atom is 0.267 e. The second-order valence-corrected chi connectivity index (χ2v) is 7.89. The third-order valence-corrected chi connectivity index (χ3v) is 5.21. The van der Waals surface area contributed by atoms with Gasteiger partial charge in [-0.05, 0) is 62.6 Å². The van der Waals surface area contributed by atoms with Crippen LogP contribution >= 0.6 is 0 Å². The summed E-state index contributed by atoms with van der Waals surface area (Å²) in [6, 6.07) is 19.2. The number of hydrogen-bond donors (Lipinski definition) is 1. The Balaban J connectivity index is 1.73. The fourth-order valence-electron chi connectivity index (χ4n) is 3.75. The van der Waals surface area contributed by atoms with Gasteiger partial charge in [-0.1, -0.05) is 42.0 Å². The monoisotopic (exact) mass is 421 g/mol. The number of anilines is 1. The van der Waals surface area contributed by atoms with Gasteiger partial charge in [0.1, 0.15) is 17.5 Å². The first kappa shape index (κ1) is 21.0. The predicted molar refractivity (Wildman–Crippen MR) is 126 cm³/mol. The summed E-state index contributed by atoms with van der Waals surface area (Å²) >= 11 is 0. The second kappa shape index (κ2) is 8.48. The van der Waals surface area contributed by atoms with Gasteiger partial charge in [-0.25, -0.2) is 4.98 Å². The summed E-state index contributed by atoms with van der Waals surface area (Å²) in [4.78, 5) is 17.7. The molecule has 4 rings (SSSR count). The van der Waals surface area contributed by atoms with E-state index in [4.69, 9.17) is 4.98 Å². The number of pyridine rings is 1. The molecule has 0 atom stereocenters. The molecule has 2 aromatic heterocycles. The van der Waals surface area contributed by atoms with Crippen LogP contribution in [0, 0.1) is 39.0 Å². The SMILES string of the molecule is Cc1cc(C)c2nc(-n3nc(C)cc3NC(=O)/C(C#N)=C/c3ccccc3)cc(C)c2c1. The van der Waals surface area contributed by atoms with Crippen molar-refractivity contribution in [2.75, 3.05) is 5.32 Å². The van der Waals surface area contributed by atoms with Gasteiger partial charge in [0.25, 0.3) is 5.91 Å². The van der Waals surface area contributed by atoms with Gasteiger partial charge in [0.05, 0.1) is 11.2 Å². The lowest BCUT2D eigenvalue weighted by Crippen LogP contribution is -2.17. The van der Waals surface area contributed by atoms with Crippen LogP contribution in [-0.2, 0) is 4.79 Å². The molecule has 0 spiro atoms. The molecule has 1 N–H and O–H groups in total. The number of amides is 1. The Bertz CT molecular complexity index is 1410. The largest absolute Gasteiger partial charge is 0.306 e. The van der Waals surface area contributed by atoms with E-state index in [1.807, 2.05) is 63.2 Å². The van der Waals surface area contributed by atoms with Crippen molar-refractivity contribution in [1.29, 1.82) is 5.26 Å². The van der Waals surface area contributed by atoms with E-state index in [9.17, 15) is 10.1 Å². The van der Waals surface area contributed by atoms with Crippen LogP contribution in [0.4, 0.5) is 5.82 Å². The summed E-state index contributed by atoms with van der Waals surface area (Å²) in [6.45, 7) is 7.99. The van der Waals surface area contributed by atoms with Crippen molar-refractivity contribution in [2.24, 2.45) is 0 Å². The molecule has 6 nitrogen and oxygen atoms in total. The number of fused-ring (bicyclic) bond motifs is 1. The minimum absolute atomic E-state index is 0.00979. The molecule has 4 aromatic rings. The van der Waals surface area contributed by atoms with Crippen LogP contribution in [0.1, 0.15) is 27.9 Å². The van der Waals surface area contributed by atoms with Gasteiger partial charge in [-0.3, -0.25) is 4.79 Å². The van der Waals surface area contributed by atoms with Crippen LogP contribution in [0.3, 0.4) is 0 Å². The Hall–Kier alpha value is -4.24. The molecule has 0 saturated carbocycles. The summed E-state index contributed by atoms with van der Waals surface area (Å²) in [5.41, 5.74) is 5.76. The number of benzene rings is 2. The van der Waals surface area contributed by atoms with Crippen LogP contribution in [0.15, 0.2) is 60.2 Å². The highest BCUT2D eigenvalue weighted by Crippen LogP contribution is 2.26. The molecule has 6 heteroatoms. The molecular formula is C26H23N5O. The third kappa shape index (κ3) is 4.14. The third-order valence-electron chi connectivity index (χ3n) is 5.21. The molecule has 0 aliphatic carbocycles. The molecule has 0 saturated heterocycles. The predicted octanol–water partition coefficient (Wildman–Crippen LogP) is 5.20. The van der Waals surface area contributed by atoms with Crippen molar-refractivity contribution in [2.45, 2.75) is 27.7 Å². The lowest BCUT2D eigenvalue weighted by atomic mass is 10.0. The number of carbonyl (C=O) groups excluding carboxylic acids is 1. The fourth-order valence-corrected chi connectivity index (χ4v) is 3.75. The second-order valence-electron chi connectivity index (χ2n) is 7.89. The standard InChI is InChI=1S/C26H23N5O/c1-16-10-18(3)25-22(11-16)17(2)12-23(28-25)31-24(13-19(4)30-31)29-26(32)21(15-27)14-20-8-6-5-7-9-20/h5-14H,1-4H3,(H,29,32)/b21-14+. The summed E-state index contributed by atoms with van der Waals surface area (Å²) in [5.74, 6) is 0.565. The van der Waals surface area contributed by atoms with Crippen molar-refractivity contribution in [3.63, 3.8) is 0 Å². The van der Waals surface area contributed by atoms with Crippen molar-refractivity contribution >= 4 is 28.7 Å². The number of aryl methyl sites for hydroxylation is 4. The highest BCUT2D eigenvalue weighted by molar-refractivity contribution is 6.09. The van der Waals surface area contributed by atoms with Crippen molar-refractivity contribution in [3.8, 4) is 11.9 Å². The van der Waals surface area contributed by atoms with Gasteiger partial charge in [0, 0.05) is 11.5 Å². The van der Waals surface area contributed by atoms with Gasteiger partial charge >= 0.3 is 0 Å². The minimum Gasteiger partial charge on any atom is -0.306 e. The number of rotatable bonds is 4. The van der Waals surface area contributed by atoms with Crippen LogP contribution < -0.4 is 5.32 Å². The number of nitriles is 1. The average molecular weight is 422 g/mol. The van der Waals surface area contributed by atoms with E-state index in [0.717, 1.165) is 33.3 Å². The van der Waals surface area contributed by atoms with Crippen LogP contribution in [0.5, 0.6) is 0 Å². The first-order valence-corrected chi connectivity index (χ1v) is 10.3. The Morgan fingerprint density at radius 1 is 1.03 bits per heavy atom. The number of nitrogens with one attached hydrogen (secondary N) is 1. The Labute approximate surface area is 186 Å². The lowest BCUT2D eigenvalue weighted by Gasteiger charge is -2.12. The van der Waals surface area contributed by atoms with E-state index >= 15 is 0 Å². The van der Waals surface area contributed by atoms with E-state index in [1.165, 1.54) is 5.56 Å². The van der Waals surface area contributed by atoms with E-state index < -0.39 is 5.91 Å². The Kier molecular flexibility index (Phi) is 5.57. The molecule has 1 amide bonds. The zero-order valence-electron chi connectivity index (χ0n) is 18.5. The lowest BCUT2D eigenvalue weighted by molar-refractivity contribution is -0.112. The van der Waals surface area contributed by atoms with Crippen molar-refractivity contribution in [1.82, 2.24) is 14.8 Å². The van der Waals surface area contributed by atoms with Gasteiger partial charge in [0.2, 0.25) is 0 Å². The normalized spacial score (nSPS) is 11.4. The summed E-state index contributed by atoms with van der Waals surface area (Å²) in [5, 5.41) is 18.0. The maximum atomic E-state index is 12.8. The molecule has 0 unspecified atom stereocenters. The van der Waals surface area contributed by atoms with Crippen LogP contribution in [-0.4, -0.2) is 20.7 Å². The van der Waals surface area contributed by atoms with Gasteiger partial charge in [-0.2, -0.15) is 15.0 Å². The first-order valence-electron chi connectivity index (χ1n) is 10.3. The molecule has 0 radical (unpaired) electrons. The minimum atomic E-state index is -0.498. The Morgan fingerprint density at radius 2 is 1.78 bits per heavy atom. The molecular weight excluding hydrogens is 398 g/mol. The van der Waals surface area contributed by atoms with E-state index in [2.05, 4.69) is 29.5 Å². The fraction of sp³-hybridized carbons (Fsp3) is 0.154. The van der Waals surface area contributed by atoms with E-state index in [1.54, 1.807) is 16.8 Å². The molecule has 0 fully saturated rings. The molecule has 0 bridgehead atoms. The zero-order chi connectivity index (χ0) is 22.8. The van der Waals surface area contributed by atoms with Crippen molar-refractivity contribution in [3.05, 3.63) is 88.1 Å². The smallest absolute Gasteiger partial charge is 0.267 e. The quantitative estimate of drug-likeness (QED) is 0.363. The van der Waals surface area contributed by atoms with Gasteiger partial charge in [0.15, 0.2) is 5.82 Å². The van der Waals surface area contributed by atoms with Crippen molar-refractivity contribution < 1.29 is 4.79 Å².